The van der Waals surface area contributed by atoms with Crippen LogP contribution in [-0.2, 0) is 0 Å². The van der Waals surface area contributed by atoms with Gasteiger partial charge in [0, 0.05) is 12.4 Å². The zero-order chi connectivity index (χ0) is 14.2. The van der Waals surface area contributed by atoms with Crippen LogP contribution in [0, 0.1) is 17.2 Å². The van der Waals surface area contributed by atoms with Crippen LogP contribution in [0.15, 0.2) is 54.9 Å². The van der Waals surface area contributed by atoms with Crippen molar-refractivity contribution in [1.29, 1.82) is 5.26 Å². The molecule has 4 nitrogen and oxygen atoms in total. The second kappa shape index (κ2) is 4.64. The predicted octanol–water partition coefficient (Wildman–Crippen LogP) is 2.98. The lowest BCUT2D eigenvalue weighted by molar-refractivity contribution is 0.309. The van der Waals surface area contributed by atoms with Crippen molar-refractivity contribution in [2.45, 2.75) is 6.04 Å². The molecule has 0 N–H and O–H groups in total. The summed E-state index contributed by atoms with van der Waals surface area (Å²) in [5.41, 5.74) is 2.41. The molecule has 4 rings (SSSR count). The molecule has 2 aromatic rings. The van der Waals surface area contributed by atoms with E-state index in [0.29, 0.717) is 6.54 Å². The van der Waals surface area contributed by atoms with E-state index >= 15 is 0 Å². The lowest BCUT2D eigenvalue weighted by Crippen LogP contribution is -2.35. The Hall–Kier alpha value is -2.80. The zero-order valence-electron chi connectivity index (χ0n) is 11.4. The van der Waals surface area contributed by atoms with Gasteiger partial charge in [-0.25, -0.2) is 4.98 Å². The van der Waals surface area contributed by atoms with Crippen LogP contribution in [0.3, 0.4) is 0 Å². The molecule has 1 aromatic heterocycles. The van der Waals surface area contributed by atoms with Crippen LogP contribution >= 0.6 is 0 Å². The van der Waals surface area contributed by atoms with Crippen molar-refractivity contribution in [3.63, 3.8) is 0 Å². The minimum atomic E-state index is -0.0712. The molecule has 2 aliphatic rings. The third kappa shape index (κ3) is 1.78. The third-order valence-corrected chi connectivity index (χ3v) is 4.12. The molecular weight excluding hydrogens is 260 g/mol. The predicted molar refractivity (Wildman–Crippen MR) is 80.7 cm³/mol. The van der Waals surface area contributed by atoms with Crippen LogP contribution in [-0.4, -0.2) is 16.5 Å². The normalized spacial score (nSPS) is 22.6. The number of pyridine rings is 1. The first-order valence-electron chi connectivity index (χ1n) is 7.02. The van der Waals surface area contributed by atoms with E-state index in [-0.39, 0.29) is 12.0 Å². The Balaban J connectivity index is 1.80. The number of aromatic nitrogens is 1. The van der Waals surface area contributed by atoms with E-state index in [0.717, 1.165) is 5.82 Å². The second-order valence-electron chi connectivity index (χ2n) is 5.28. The van der Waals surface area contributed by atoms with E-state index in [1.807, 2.05) is 30.3 Å². The third-order valence-electron chi connectivity index (χ3n) is 4.12. The number of hydrazine groups is 1. The Morgan fingerprint density at radius 1 is 1.14 bits per heavy atom. The van der Waals surface area contributed by atoms with Gasteiger partial charge in [0.05, 0.1) is 24.6 Å². The highest BCUT2D eigenvalue weighted by Gasteiger charge is 2.42. The van der Waals surface area contributed by atoms with Crippen LogP contribution in [0.5, 0.6) is 0 Å². The van der Waals surface area contributed by atoms with Gasteiger partial charge in [-0.2, -0.15) is 5.26 Å². The number of benzene rings is 1. The highest BCUT2D eigenvalue weighted by atomic mass is 15.7. The highest BCUT2D eigenvalue weighted by molar-refractivity contribution is 5.59. The maximum atomic E-state index is 9.55. The van der Waals surface area contributed by atoms with Crippen LogP contribution in [0.4, 0.5) is 5.82 Å². The van der Waals surface area contributed by atoms with Gasteiger partial charge in [-0.15, -0.1) is 0 Å². The Morgan fingerprint density at radius 2 is 2.00 bits per heavy atom. The maximum absolute atomic E-state index is 9.55. The molecule has 102 valence electrons. The van der Waals surface area contributed by atoms with Crippen molar-refractivity contribution in [2.75, 3.05) is 11.6 Å². The molecule has 1 aromatic carbocycles. The van der Waals surface area contributed by atoms with E-state index in [1.165, 1.54) is 11.1 Å². The second-order valence-corrected chi connectivity index (χ2v) is 5.28. The molecule has 0 bridgehead atoms. The van der Waals surface area contributed by atoms with E-state index < -0.39 is 0 Å². The summed E-state index contributed by atoms with van der Waals surface area (Å²) in [7, 11) is 0. The van der Waals surface area contributed by atoms with Gasteiger partial charge in [-0.1, -0.05) is 30.3 Å². The first-order chi connectivity index (χ1) is 10.4. The molecule has 21 heavy (non-hydrogen) atoms. The van der Waals surface area contributed by atoms with Gasteiger partial charge in [0.25, 0.3) is 0 Å². The summed E-state index contributed by atoms with van der Waals surface area (Å²) in [5, 5.41) is 13.8. The summed E-state index contributed by atoms with van der Waals surface area (Å²) in [6.45, 7) is 0.664. The molecule has 2 aliphatic heterocycles. The van der Waals surface area contributed by atoms with Gasteiger partial charge in [0.1, 0.15) is 5.82 Å². The summed E-state index contributed by atoms with van der Waals surface area (Å²) in [6.07, 6.45) is 5.94. The van der Waals surface area contributed by atoms with Crippen LogP contribution in [0.1, 0.15) is 17.2 Å². The zero-order valence-corrected chi connectivity index (χ0v) is 11.4. The maximum Gasteiger partial charge on any atom is 0.147 e. The van der Waals surface area contributed by atoms with E-state index in [1.54, 1.807) is 6.20 Å². The average molecular weight is 274 g/mol. The smallest absolute Gasteiger partial charge is 0.147 e. The van der Waals surface area contributed by atoms with Gasteiger partial charge >= 0.3 is 0 Å². The molecule has 0 aliphatic carbocycles. The van der Waals surface area contributed by atoms with Crippen LogP contribution in [0.2, 0.25) is 0 Å². The summed E-state index contributed by atoms with van der Waals surface area (Å²) in [4.78, 5) is 4.42. The minimum Gasteiger partial charge on any atom is -0.282 e. The van der Waals surface area contributed by atoms with Gasteiger partial charge in [-0.3, -0.25) is 10.0 Å². The minimum absolute atomic E-state index is 0.0678. The average Bonchev–Trinajstić information content (AvgIpc) is 2.95. The monoisotopic (exact) mass is 274 g/mol. The van der Waals surface area contributed by atoms with E-state index in [9.17, 15) is 5.26 Å². The quantitative estimate of drug-likeness (QED) is 0.802. The van der Waals surface area contributed by atoms with Gasteiger partial charge in [-0.05, 0) is 29.3 Å². The fourth-order valence-corrected chi connectivity index (χ4v) is 3.17. The lowest BCUT2D eigenvalue weighted by Gasteiger charge is -2.35. The molecular formula is C17H14N4. The molecule has 0 amide bonds. The number of rotatable bonds is 1. The van der Waals surface area contributed by atoms with Gasteiger partial charge in [0.15, 0.2) is 0 Å². The molecule has 3 heterocycles. The molecule has 0 saturated carbocycles. The summed E-state index contributed by atoms with van der Waals surface area (Å²) in [6, 6.07) is 16.7. The standard InChI is InChI=1S/C17H14N4/c18-11-14-12-21(16-7-3-4-9-19-16)20-10-8-13-5-1-2-6-15(13)17(14)20/h1-10,14,17H,12H2/t14-,17+/m1/s1. The van der Waals surface area contributed by atoms with Gasteiger partial charge in [0.2, 0.25) is 0 Å². The number of hydrogen-bond acceptors (Lipinski definition) is 4. The SMILES string of the molecule is N#C[C@@H]1CN(c2ccccn2)N2C=Cc3ccccc3[C@H]12. The first kappa shape index (κ1) is 12.0. The molecule has 1 saturated heterocycles. The Labute approximate surface area is 123 Å². The Kier molecular flexibility index (Phi) is 2.65. The number of hydrogen-bond donors (Lipinski definition) is 0. The lowest BCUT2D eigenvalue weighted by atomic mass is 9.90. The number of nitrogens with zero attached hydrogens (tertiary/aromatic N) is 4. The fourth-order valence-electron chi connectivity index (χ4n) is 3.17. The molecule has 0 unspecified atom stereocenters. The number of fused-ring (bicyclic) bond motifs is 3. The molecule has 2 atom stereocenters. The number of anilines is 1. The highest BCUT2D eigenvalue weighted by Crippen LogP contribution is 2.42. The number of nitriles is 1. The largest absolute Gasteiger partial charge is 0.282 e. The molecule has 1 fully saturated rings. The Bertz CT molecular complexity index is 732. The summed E-state index contributed by atoms with van der Waals surface area (Å²) < 4.78 is 0. The van der Waals surface area contributed by atoms with Crippen molar-refractivity contribution < 1.29 is 0 Å². The van der Waals surface area contributed by atoms with Crippen molar-refractivity contribution in [3.05, 3.63) is 66.0 Å². The van der Waals surface area contributed by atoms with Crippen LogP contribution < -0.4 is 5.01 Å². The molecule has 0 radical (unpaired) electrons. The molecule has 4 heteroatoms. The van der Waals surface area contributed by atoms with Crippen molar-refractivity contribution in [1.82, 2.24) is 9.99 Å². The van der Waals surface area contributed by atoms with E-state index in [2.05, 4.69) is 45.5 Å². The van der Waals surface area contributed by atoms with Crippen molar-refractivity contribution in [3.8, 4) is 6.07 Å². The van der Waals surface area contributed by atoms with Crippen LogP contribution in [0.25, 0.3) is 6.08 Å². The van der Waals surface area contributed by atoms with Crippen molar-refractivity contribution >= 4 is 11.9 Å². The van der Waals surface area contributed by atoms with Crippen molar-refractivity contribution in [2.24, 2.45) is 5.92 Å². The Morgan fingerprint density at radius 3 is 2.81 bits per heavy atom. The van der Waals surface area contributed by atoms with E-state index in [4.69, 9.17) is 0 Å². The summed E-state index contributed by atoms with van der Waals surface area (Å²) >= 11 is 0. The molecule has 0 spiro atoms. The topological polar surface area (TPSA) is 43.2 Å². The van der Waals surface area contributed by atoms with Gasteiger partial charge < -0.3 is 0 Å². The fraction of sp³-hybridized carbons (Fsp3) is 0.176. The summed E-state index contributed by atoms with van der Waals surface area (Å²) in [5.74, 6) is 0.808. The first-order valence-corrected chi connectivity index (χ1v) is 7.02.